The molecule has 4 nitrogen and oxygen atoms in total. The molecule has 3 saturated heterocycles. The van der Waals surface area contributed by atoms with Crippen molar-refractivity contribution in [2.24, 2.45) is 0 Å². The van der Waals surface area contributed by atoms with Gasteiger partial charge in [0.25, 0.3) is 5.91 Å². The SMILES string of the molecule is Cc1oc2ccccc2c1C(=O)NC12CCN(CC1)CC2. The molecule has 3 aliphatic rings. The predicted molar refractivity (Wildman–Crippen MR) is 81.4 cm³/mol. The van der Waals surface area contributed by atoms with Gasteiger partial charge in [-0.2, -0.15) is 0 Å². The molecule has 1 aromatic heterocycles. The predicted octanol–water partition coefficient (Wildman–Crippen LogP) is 2.71. The van der Waals surface area contributed by atoms with Gasteiger partial charge in [-0.1, -0.05) is 18.2 Å². The van der Waals surface area contributed by atoms with Gasteiger partial charge in [-0.15, -0.1) is 0 Å². The van der Waals surface area contributed by atoms with E-state index in [1.54, 1.807) is 0 Å². The van der Waals surface area contributed by atoms with Gasteiger partial charge in [0, 0.05) is 30.6 Å². The number of carbonyl (C=O) groups is 1. The number of para-hydroxylation sites is 1. The number of furan rings is 1. The third-order valence-corrected chi connectivity index (χ3v) is 5.10. The first-order chi connectivity index (χ1) is 10.2. The second-order valence-corrected chi connectivity index (χ2v) is 6.36. The van der Waals surface area contributed by atoms with Crippen LogP contribution in [-0.2, 0) is 0 Å². The largest absolute Gasteiger partial charge is 0.461 e. The first-order valence-corrected chi connectivity index (χ1v) is 7.70. The van der Waals surface area contributed by atoms with E-state index in [4.69, 9.17) is 4.42 Å². The van der Waals surface area contributed by atoms with Crippen molar-refractivity contribution in [2.45, 2.75) is 31.7 Å². The minimum atomic E-state index is -0.00333. The minimum Gasteiger partial charge on any atom is -0.461 e. The molecule has 0 saturated carbocycles. The molecule has 0 aliphatic carbocycles. The maximum Gasteiger partial charge on any atom is 0.255 e. The van der Waals surface area contributed by atoms with Crippen LogP contribution in [0, 0.1) is 6.92 Å². The highest BCUT2D eigenvalue weighted by Gasteiger charge is 2.40. The van der Waals surface area contributed by atoms with E-state index in [2.05, 4.69) is 10.2 Å². The van der Waals surface area contributed by atoms with Gasteiger partial charge in [0.15, 0.2) is 0 Å². The maximum atomic E-state index is 12.8. The van der Waals surface area contributed by atoms with Crippen LogP contribution in [0.2, 0.25) is 0 Å². The normalized spacial score (nSPS) is 28.0. The van der Waals surface area contributed by atoms with Crippen molar-refractivity contribution in [1.82, 2.24) is 10.2 Å². The highest BCUT2D eigenvalue weighted by molar-refractivity contribution is 6.07. The summed E-state index contributed by atoms with van der Waals surface area (Å²) in [5.74, 6) is 0.728. The lowest BCUT2D eigenvalue weighted by Gasteiger charge is -2.48. The molecule has 21 heavy (non-hydrogen) atoms. The number of carbonyl (C=O) groups excluding carboxylic acids is 1. The fourth-order valence-corrected chi connectivity index (χ4v) is 3.77. The summed E-state index contributed by atoms with van der Waals surface area (Å²) in [6, 6.07) is 7.76. The lowest BCUT2D eigenvalue weighted by atomic mass is 9.80. The van der Waals surface area contributed by atoms with E-state index >= 15 is 0 Å². The van der Waals surface area contributed by atoms with Crippen LogP contribution < -0.4 is 5.32 Å². The molecule has 1 amide bonds. The van der Waals surface area contributed by atoms with Gasteiger partial charge in [-0.3, -0.25) is 4.79 Å². The summed E-state index contributed by atoms with van der Waals surface area (Å²) in [5, 5.41) is 4.24. The summed E-state index contributed by atoms with van der Waals surface area (Å²) in [6.45, 7) is 5.18. The topological polar surface area (TPSA) is 45.5 Å². The Labute approximate surface area is 124 Å². The minimum absolute atomic E-state index is 0.00333. The van der Waals surface area contributed by atoms with E-state index < -0.39 is 0 Å². The zero-order valence-corrected chi connectivity index (χ0v) is 12.3. The Bertz CT molecular complexity index is 682. The first kappa shape index (κ1) is 12.9. The lowest BCUT2D eigenvalue weighted by Crippen LogP contribution is -2.61. The maximum absolute atomic E-state index is 12.8. The average Bonchev–Trinajstić information content (AvgIpc) is 2.84. The van der Waals surface area contributed by atoms with Gasteiger partial charge in [0.1, 0.15) is 11.3 Å². The fourth-order valence-electron chi connectivity index (χ4n) is 3.77. The summed E-state index contributed by atoms with van der Waals surface area (Å²) in [7, 11) is 0. The number of piperidine rings is 3. The number of benzene rings is 1. The number of fused-ring (bicyclic) bond motifs is 4. The van der Waals surface area contributed by atoms with Crippen LogP contribution >= 0.6 is 0 Å². The molecule has 3 aliphatic heterocycles. The van der Waals surface area contributed by atoms with E-state index in [9.17, 15) is 4.79 Å². The monoisotopic (exact) mass is 284 g/mol. The van der Waals surface area contributed by atoms with E-state index in [1.165, 1.54) is 0 Å². The Morgan fingerprint density at radius 2 is 1.86 bits per heavy atom. The zero-order chi connectivity index (χ0) is 14.4. The molecule has 110 valence electrons. The highest BCUT2D eigenvalue weighted by Crippen LogP contribution is 2.33. The van der Waals surface area contributed by atoms with Crippen LogP contribution in [0.4, 0.5) is 0 Å². The van der Waals surface area contributed by atoms with Crippen LogP contribution in [0.5, 0.6) is 0 Å². The Balaban J connectivity index is 1.66. The van der Waals surface area contributed by atoms with Crippen molar-refractivity contribution in [3.63, 3.8) is 0 Å². The van der Waals surface area contributed by atoms with Crippen molar-refractivity contribution in [2.75, 3.05) is 19.6 Å². The third kappa shape index (κ3) is 2.05. The third-order valence-electron chi connectivity index (χ3n) is 5.10. The zero-order valence-electron chi connectivity index (χ0n) is 12.3. The van der Waals surface area contributed by atoms with Crippen molar-refractivity contribution < 1.29 is 9.21 Å². The number of hydrogen-bond donors (Lipinski definition) is 1. The molecule has 2 bridgehead atoms. The molecule has 5 rings (SSSR count). The summed E-state index contributed by atoms with van der Waals surface area (Å²) in [6.07, 6.45) is 3.19. The number of nitrogens with one attached hydrogen (secondary N) is 1. The molecule has 3 fully saturated rings. The van der Waals surface area contributed by atoms with Gasteiger partial charge >= 0.3 is 0 Å². The van der Waals surface area contributed by atoms with Gasteiger partial charge in [0.05, 0.1) is 5.56 Å². The summed E-state index contributed by atoms with van der Waals surface area (Å²) < 4.78 is 5.72. The number of hydrogen-bond acceptors (Lipinski definition) is 3. The second kappa shape index (κ2) is 4.60. The molecule has 1 aromatic carbocycles. The smallest absolute Gasteiger partial charge is 0.255 e. The molecule has 0 unspecified atom stereocenters. The molecule has 4 heterocycles. The summed E-state index contributed by atoms with van der Waals surface area (Å²) >= 11 is 0. The second-order valence-electron chi connectivity index (χ2n) is 6.36. The van der Waals surface area contributed by atoms with Crippen molar-refractivity contribution in [1.29, 1.82) is 0 Å². The van der Waals surface area contributed by atoms with Gasteiger partial charge in [0.2, 0.25) is 0 Å². The molecule has 0 radical (unpaired) electrons. The number of aryl methyl sites for hydroxylation is 1. The summed E-state index contributed by atoms with van der Waals surface area (Å²) in [4.78, 5) is 15.3. The van der Waals surface area contributed by atoms with Gasteiger partial charge < -0.3 is 14.6 Å². The molecule has 0 spiro atoms. The van der Waals surface area contributed by atoms with Gasteiger partial charge in [-0.25, -0.2) is 0 Å². The average molecular weight is 284 g/mol. The van der Waals surface area contributed by atoms with E-state index in [1.807, 2.05) is 31.2 Å². The molecule has 1 N–H and O–H groups in total. The fraction of sp³-hybridized carbons (Fsp3) is 0.471. The van der Waals surface area contributed by atoms with Crippen molar-refractivity contribution in [3.05, 3.63) is 35.6 Å². The summed E-state index contributed by atoms with van der Waals surface area (Å²) in [5.41, 5.74) is 1.49. The number of rotatable bonds is 2. The van der Waals surface area contributed by atoms with Crippen LogP contribution in [-0.4, -0.2) is 36.0 Å². The Morgan fingerprint density at radius 3 is 2.57 bits per heavy atom. The molecular formula is C17H20N2O2. The van der Waals surface area contributed by atoms with E-state index in [0.717, 1.165) is 49.9 Å². The Morgan fingerprint density at radius 1 is 1.19 bits per heavy atom. The number of nitrogens with zero attached hydrogens (tertiary/aromatic N) is 1. The van der Waals surface area contributed by atoms with E-state index in [0.29, 0.717) is 11.3 Å². The molecule has 0 atom stereocenters. The quantitative estimate of drug-likeness (QED) is 0.922. The van der Waals surface area contributed by atoms with Crippen LogP contribution in [0.15, 0.2) is 28.7 Å². The van der Waals surface area contributed by atoms with E-state index in [-0.39, 0.29) is 11.4 Å². The molecular weight excluding hydrogens is 264 g/mol. The standard InChI is InChI=1S/C17H20N2O2/c1-12-15(13-4-2-3-5-14(13)21-12)16(20)18-17-6-9-19(10-7-17)11-8-17/h2-5H,6-11H2,1H3,(H,18,20). The molecule has 2 aromatic rings. The Kier molecular flexibility index (Phi) is 2.82. The highest BCUT2D eigenvalue weighted by atomic mass is 16.3. The van der Waals surface area contributed by atoms with Crippen molar-refractivity contribution >= 4 is 16.9 Å². The lowest BCUT2D eigenvalue weighted by molar-refractivity contribution is 0.0516. The van der Waals surface area contributed by atoms with Crippen LogP contribution in [0.25, 0.3) is 11.0 Å². The molecule has 4 heteroatoms. The van der Waals surface area contributed by atoms with Crippen LogP contribution in [0.3, 0.4) is 0 Å². The van der Waals surface area contributed by atoms with Crippen LogP contribution in [0.1, 0.15) is 35.4 Å². The number of amides is 1. The van der Waals surface area contributed by atoms with Gasteiger partial charge in [-0.05, 0) is 32.3 Å². The first-order valence-electron chi connectivity index (χ1n) is 7.70. The van der Waals surface area contributed by atoms with Crippen molar-refractivity contribution in [3.8, 4) is 0 Å². The Hall–Kier alpha value is -1.81.